The van der Waals surface area contributed by atoms with E-state index in [1.54, 1.807) is 32.0 Å². The van der Waals surface area contributed by atoms with Gasteiger partial charge in [-0.15, -0.1) is 0 Å². The smallest absolute Gasteiger partial charge is 0.223 e. The van der Waals surface area contributed by atoms with E-state index in [4.69, 9.17) is 5.11 Å². The maximum Gasteiger partial charge on any atom is 0.223 e. The van der Waals surface area contributed by atoms with Crippen molar-refractivity contribution in [3.05, 3.63) is 34.3 Å². The Hall–Kier alpha value is -1.20. The van der Waals surface area contributed by atoms with Crippen LogP contribution in [0.25, 0.3) is 0 Å². The third-order valence-electron chi connectivity index (χ3n) is 2.66. The first-order valence-corrected chi connectivity index (χ1v) is 6.94. The first-order chi connectivity index (χ1) is 8.90. The molecule has 0 saturated heterocycles. The summed E-state index contributed by atoms with van der Waals surface area (Å²) in [5.41, 5.74) is 0.588. The van der Waals surface area contributed by atoms with Gasteiger partial charge in [0.25, 0.3) is 0 Å². The fourth-order valence-electron chi connectivity index (χ4n) is 1.57. The number of nitrogens with one attached hydrogen (secondary N) is 1. The van der Waals surface area contributed by atoms with Crippen LogP contribution in [0.4, 0.5) is 0 Å². The first kappa shape index (κ1) is 15.9. The predicted molar refractivity (Wildman–Crippen MR) is 76.9 cm³/mol. The Labute approximate surface area is 121 Å². The molecule has 2 unspecified atom stereocenters. The number of rotatable bonds is 6. The second kappa shape index (κ2) is 7.40. The highest BCUT2D eigenvalue weighted by Crippen LogP contribution is 2.15. The number of hydrogen-bond acceptors (Lipinski definition) is 3. The monoisotopic (exact) mass is 327 g/mol. The van der Waals surface area contributed by atoms with Crippen LogP contribution in [0, 0.1) is 5.92 Å². The first-order valence-electron chi connectivity index (χ1n) is 6.14. The Kier molecular flexibility index (Phi) is 6.18. The van der Waals surface area contributed by atoms with E-state index in [0.29, 0.717) is 5.56 Å². The summed E-state index contributed by atoms with van der Waals surface area (Å²) in [6.07, 6.45) is -0.431. The van der Waals surface area contributed by atoms with Crippen molar-refractivity contribution >= 4 is 27.6 Å². The topological polar surface area (TPSA) is 66.4 Å². The number of aliphatic hydroxyl groups excluding tert-OH is 1. The fourth-order valence-corrected chi connectivity index (χ4v) is 1.97. The molecule has 1 amide bonds. The lowest BCUT2D eigenvalue weighted by Gasteiger charge is -2.12. The molecule has 2 N–H and O–H groups in total. The third-order valence-corrected chi connectivity index (χ3v) is 3.15. The fraction of sp³-hybridized carbons (Fsp3) is 0.429. The van der Waals surface area contributed by atoms with E-state index in [-0.39, 0.29) is 24.7 Å². The molecule has 0 saturated carbocycles. The van der Waals surface area contributed by atoms with Crippen molar-refractivity contribution in [3.8, 4) is 0 Å². The highest BCUT2D eigenvalue weighted by Gasteiger charge is 2.18. The molecular weight excluding hydrogens is 310 g/mol. The number of Topliss-reactive ketones (excluding diaryl/α,β-unsaturated/α-hetero) is 1. The zero-order valence-corrected chi connectivity index (χ0v) is 12.6. The second-order valence-electron chi connectivity index (χ2n) is 4.63. The summed E-state index contributed by atoms with van der Waals surface area (Å²) >= 11 is 3.31. The third kappa shape index (κ3) is 5.53. The summed E-state index contributed by atoms with van der Waals surface area (Å²) in [4.78, 5) is 23.7. The van der Waals surface area contributed by atoms with E-state index in [0.717, 1.165) is 4.47 Å². The van der Waals surface area contributed by atoms with Gasteiger partial charge in [0.05, 0.1) is 6.10 Å². The van der Waals surface area contributed by atoms with Crippen LogP contribution in [0.2, 0.25) is 0 Å². The van der Waals surface area contributed by atoms with Crippen molar-refractivity contribution in [2.45, 2.75) is 26.4 Å². The molecule has 19 heavy (non-hydrogen) atoms. The van der Waals surface area contributed by atoms with Gasteiger partial charge in [-0.25, -0.2) is 0 Å². The molecule has 0 radical (unpaired) electrons. The molecule has 0 aliphatic rings. The number of hydrogen-bond donors (Lipinski definition) is 2. The minimum atomic E-state index is -0.586. The largest absolute Gasteiger partial charge is 0.392 e. The van der Waals surface area contributed by atoms with E-state index >= 15 is 0 Å². The molecule has 0 heterocycles. The standard InChI is InChI=1S/C14H18BrNO3/c1-9(14(19)16-8-10(2)17)6-13(18)11-4-3-5-12(15)7-11/h3-5,7,9-10,17H,6,8H2,1-2H3,(H,16,19). The van der Waals surface area contributed by atoms with Gasteiger partial charge in [-0.1, -0.05) is 35.0 Å². The van der Waals surface area contributed by atoms with Crippen molar-refractivity contribution < 1.29 is 14.7 Å². The molecule has 0 aliphatic carbocycles. The number of benzene rings is 1. The number of amides is 1. The second-order valence-corrected chi connectivity index (χ2v) is 5.55. The van der Waals surface area contributed by atoms with Crippen LogP contribution in [0.5, 0.6) is 0 Å². The van der Waals surface area contributed by atoms with Crippen molar-refractivity contribution in [1.29, 1.82) is 0 Å². The average molecular weight is 328 g/mol. The Balaban J connectivity index is 2.54. The van der Waals surface area contributed by atoms with Gasteiger partial charge in [-0.05, 0) is 19.1 Å². The van der Waals surface area contributed by atoms with Gasteiger partial charge in [-0.2, -0.15) is 0 Å². The Morgan fingerprint density at radius 3 is 2.63 bits per heavy atom. The van der Waals surface area contributed by atoms with Crippen LogP contribution >= 0.6 is 15.9 Å². The summed E-state index contributed by atoms with van der Waals surface area (Å²) in [5.74, 6) is -0.699. The van der Waals surface area contributed by atoms with Gasteiger partial charge < -0.3 is 10.4 Å². The van der Waals surface area contributed by atoms with E-state index in [9.17, 15) is 9.59 Å². The Bertz CT molecular complexity index is 460. The maximum absolute atomic E-state index is 12.0. The van der Waals surface area contributed by atoms with E-state index in [1.807, 2.05) is 6.07 Å². The van der Waals surface area contributed by atoms with E-state index < -0.39 is 12.0 Å². The van der Waals surface area contributed by atoms with Gasteiger partial charge >= 0.3 is 0 Å². The van der Waals surface area contributed by atoms with Crippen LogP contribution < -0.4 is 5.32 Å². The van der Waals surface area contributed by atoms with Gasteiger partial charge in [-0.3, -0.25) is 9.59 Å². The Morgan fingerprint density at radius 1 is 1.37 bits per heavy atom. The van der Waals surface area contributed by atoms with Crippen molar-refractivity contribution in [1.82, 2.24) is 5.32 Å². The summed E-state index contributed by atoms with van der Waals surface area (Å²) in [6, 6.07) is 7.10. The maximum atomic E-state index is 12.0. The summed E-state index contributed by atoms with van der Waals surface area (Å²) in [5, 5.41) is 11.7. The number of ketones is 1. The molecule has 1 aromatic carbocycles. The molecule has 1 aromatic rings. The summed E-state index contributed by atoms with van der Waals surface area (Å²) in [6.45, 7) is 3.50. The van der Waals surface area contributed by atoms with Gasteiger partial charge in [0, 0.05) is 28.9 Å². The molecule has 1 rings (SSSR count). The molecule has 0 bridgehead atoms. The minimum Gasteiger partial charge on any atom is -0.392 e. The van der Waals surface area contributed by atoms with Gasteiger partial charge in [0.2, 0.25) is 5.91 Å². The normalized spacial score (nSPS) is 13.7. The molecule has 2 atom stereocenters. The van der Waals surface area contributed by atoms with Crippen molar-refractivity contribution in [2.24, 2.45) is 5.92 Å². The quantitative estimate of drug-likeness (QED) is 0.787. The zero-order valence-electron chi connectivity index (χ0n) is 11.0. The van der Waals surface area contributed by atoms with Crippen molar-refractivity contribution in [2.75, 3.05) is 6.54 Å². The SMILES string of the molecule is CC(O)CNC(=O)C(C)CC(=O)c1cccc(Br)c1. The van der Waals surface area contributed by atoms with Gasteiger partial charge in [0.15, 0.2) is 5.78 Å². The number of aliphatic hydroxyl groups is 1. The lowest BCUT2D eigenvalue weighted by molar-refractivity contribution is -0.124. The molecular formula is C14H18BrNO3. The zero-order chi connectivity index (χ0) is 14.4. The average Bonchev–Trinajstić information content (AvgIpc) is 2.35. The highest BCUT2D eigenvalue weighted by atomic mass is 79.9. The van der Waals surface area contributed by atoms with Crippen LogP contribution in [0.3, 0.4) is 0 Å². The van der Waals surface area contributed by atoms with Crippen LogP contribution in [-0.4, -0.2) is 29.4 Å². The number of carbonyl (C=O) groups excluding carboxylic acids is 2. The molecule has 0 spiro atoms. The molecule has 5 heteroatoms. The van der Waals surface area contributed by atoms with Crippen LogP contribution in [-0.2, 0) is 4.79 Å². The lowest BCUT2D eigenvalue weighted by Crippen LogP contribution is -2.35. The molecule has 0 aliphatic heterocycles. The van der Waals surface area contributed by atoms with E-state index in [1.165, 1.54) is 0 Å². The summed E-state index contributed by atoms with van der Waals surface area (Å²) < 4.78 is 0.838. The molecule has 4 nitrogen and oxygen atoms in total. The molecule has 0 aromatic heterocycles. The summed E-state index contributed by atoms with van der Waals surface area (Å²) in [7, 11) is 0. The van der Waals surface area contributed by atoms with Crippen LogP contribution in [0.15, 0.2) is 28.7 Å². The number of carbonyl (C=O) groups is 2. The number of halogens is 1. The predicted octanol–water partition coefficient (Wildman–Crippen LogP) is 2.16. The molecule has 104 valence electrons. The molecule has 0 fully saturated rings. The van der Waals surface area contributed by atoms with E-state index in [2.05, 4.69) is 21.2 Å². The van der Waals surface area contributed by atoms with Gasteiger partial charge in [0.1, 0.15) is 0 Å². The Morgan fingerprint density at radius 2 is 2.05 bits per heavy atom. The van der Waals surface area contributed by atoms with Crippen molar-refractivity contribution in [3.63, 3.8) is 0 Å². The minimum absolute atomic E-state index is 0.0685. The van der Waals surface area contributed by atoms with Crippen LogP contribution in [0.1, 0.15) is 30.6 Å². The highest BCUT2D eigenvalue weighted by molar-refractivity contribution is 9.10. The lowest BCUT2D eigenvalue weighted by atomic mass is 9.99.